The fraction of sp³-hybridized carbons (Fsp3) is 0.333. The van der Waals surface area contributed by atoms with E-state index in [9.17, 15) is 4.79 Å². The number of aryl methyl sites for hydroxylation is 1. The molecule has 0 aliphatic carbocycles. The summed E-state index contributed by atoms with van der Waals surface area (Å²) in [6, 6.07) is 13.4. The fourth-order valence-electron chi connectivity index (χ4n) is 3.30. The third-order valence-electron chi connectivity index (χ3n) is 4.84. The molecule has 1 aromatic heterocycles. The summed E-state index contributed by atoms with van der Waals surface area (Å²) < 4.78 is 6.41. The minimum atomic E-state index is -0.0351. The summed E-state index contributed by atoms with van der Waals surface area (Å²) in [6.45, 7) is 6.60. The zero-order valence-electron chi connectivity index (χ0n) is 15.7. The van der Waals surface area contributed by atoms with Crippen molar-refractivity contribution >= 4 is 44.2 Å². The molecule has 7 heteroatoms. The number of para-hydroxylation sites is 1. The van der Waals surface area contributed by atoms with E-state index in [1.54, 1.807) is 4.90 Å². The second-order valence-corrected chi connectivity index (χ2v) is 8.28. The maximum Gasteiger partial charge on any atom is 0.260 e. The zero-order chi connectivity index (χ0) is 19.5. The van der Waals surface area contributed by atoms with Crippen molar-refractivity contribution in [3.05, 3.63) is 58.6 Å². The van der Waals surface area contributed by atoms with E-state index in [2.05, 4.69) is 4.90 Å². The van der Waals surface area contributed by atoms with Gasteiger partial charge in [-0.3, -0.25) is 14.6 Å². The molecule has 2 heterocycles. The summed E-state index contributed by atoms with van der Waals surface area (Å²) in [5, 5.41) is 1.29. The number of hydrogen-bond acceptors (Lipinski definition) is 5. The van der Waals surface area contributed by atoms with Crippen molar-refractivity contribution in [1.82, 2.24) is 9.88 Å². The highest BCUT2D eigenvalue weighted by Crippen LogP contribution is 2.33. The molecule has 0 unspecified atom stereocenters. The molecule has 0 spiro atoms. The molecule has 1 fully saturated rings. The quantitative estimate of drug-likeness (QED) is 0.625. The summed E-state index contributed by atoms with van der Waals surface area (Å²) >= 11 is 7.81. The number of aromatic nitrogens is 1. The third kappa shape index (κ3) is 4.20. The van der Waals surface area contributed by atoms with Crippen LogP contribution in [0.5, 0.6) is 0 Å². The molecular weight excluding hydrogens is 394 g/mol. The summed E-state index contributed by atoms with van der Waals surface area (Å²) in [6.07, 6.45) is 0. The van der Waals surface area contributed by atoms with E-state index in [4.69, 9.17) is 21.3 Å². The van der Waals surface area contributed by atoms with Crippen LogP contribution in [0.15, 0.2) is 42.5 Å². The number of benzene rings is 2. The van der Waals surface area contributed by atoms with Crippen molar-refractivity contribution < 1.29 is 9.53 Å². The average molecular weight is 416 g/mol. The van der Waals surface area contributed by atoms with Gasteiger partial charge in [0, 0.05) is 31.7 Å². The number of thiazole rings is 1. The number of fused-ring (bicyclic) bond motifs is 1. The van der Waals surface area contributed by atoms with Crippen molar-refractivity contribution in [2.75, 3.05) is 44.3 Å². The summed E-state index contributed by atoms with van der Waals surface area (Å²) in [7, 11) is 0. The maximum absolute atomic E-state index is 13.3. The molecule has 146 valence electrons. The Morgan fingerprint density at radius 1 is 1.25 bits per heavy atom. The van der Waals surface area contributed by atoms with Crippen LogP contribution in [0.1, 0.15) is 15.9 Å². The Balaban J connectivity index is 1.65. The number of amides is 1. The van der Waals surface area contributed by atoms with Crippen LogP contribution in [0, 0.1) is 6.92 Å². The van der Waals surface area contributed by atoms with E-state index < -0.39 is 0 Å². The van der Waals surface area contributed by atoms with Gasteiger partial charge < -0.3 is 4.74 Å². The topological polar surface area (TPSA) is 45.7 Å². The molecule has 1 aliphatic rings. The lowest BCUT2D eigenvalue weighted by Gasteiger charge is -2.29. The largest absolute Gasteiger partial charge is 0.379 e. The lowest BCUT2D eigenvalue weighted by atomic mass is 10.1. The smallest absolute Gasteiger partial charge is 0.260 e. The van der Waals surface area contributed by atoms with E-state index in [1.807, 2.05) is 49.4 Å². The van der Waals surface area contributed by atoms with Gasteiger partial charge in [-0.15, -0.1) is 0 Å². The molecule has 5 nitrogen and oxygen atoms in total. The van der Waals surface area contributed by atoms with E-state index in [-0.39, 0.29) is 5.91 Å². The van der Waals surface area contributed by atoms with Gasteiger partial charge in [0.25, 0.3) is 5.91 Å². The molecule has 0 radical (unpaired) electrons. The molecule has 2 aromatic carbocycles. The lowest BCUT2D eigenvalue weighted by Crippen LogP contribution is -2.43. The van der Waals surface area contributed by atoms with Gasteiger partial charge in [0.15, 0.2) is 5.13 Å². The predicted octanol–water partition coefficient (Wildman–Crippen LogP) is 4.24. The molecule has 28 heavy (non-hydrogen) atoms. The maximum atomic E-state index is 13.3. The molecule has 4 rings (SSSR count). The Morgan fingerprint density at radius 3 is 2.79 bits per heavy atom. The second kappa shape index (κ2) is 8.57. The van der Waals surface area contributed by atoms with E-state index in [0.29, 0.717) is 22.3 Å². The van der Waals surface area contributed by atoms with Crippen LogP contribution in [0.2, 0.25) is 5.02 Å². The Morgan fingerprint density at radius 2 is 2.04 bits per heavy atom. The Bertz CT molecular complexity index is 985. The monoisotopic (exact) mass is 415 g/mol. The molecule has 1 amide bonds. The summed E-state index contributed by atoms with van der Waals surface area (Å²) in [5.41, 5.74) is 2.48. The molecular formula is C21H22ClN3O2S. The average Bonchev–Trinajstić information content (AvgIpc) is 3.14. The normalized spacial score (nSPS) is 15.1. The van der Waals surface area contributed by atoms with Crippen molar-refractivity contribution in [3.63, 3.8) is 0 Å². The molecule has 1 aliphatic heterocycles. The van der Waals surface area contributed by atoms with E-state index in [1.165, 1.54) is 11.3 Å². The number of rotatable bonds is 5. The summed E-state index contributed by atoms with van der Waals surface area (Å²) in [5.74, 6) is -0.0351. The Kier molecular flexibility index (Phi) is 5.92. The third-order valence-corrected chi connectivity index (χ3v) is 6.19. The Hall–Kier alpha value is -1.99. The number of morpholine rings is 1. The van der Waals surface area contributed by atoms with Crippen molar-refractivity contribution in [2.24, 2.45) is 0 Å². The number of ether oxygens (including phenoxy) is 1. The highest BCUT2D eigenvalue weighted by atomic mass is 35.5. The first-order valence-electron chi connectivity index (χ1n) is 9.35. The van der Waals surface area contributed by atoms with Gasteiger partial charge >= 0.3 is 0 Å². The van der Waals surface area contributed by atoms with Crippen LogP contribution < -0.4 is 4.90 Å². The second-order valence-electron chi connectivity index (χ2n) is 6.86. The lowest BCUT2D eigenvalue weighted by molar-refractivity contribution is 0.0391. The standard InChI is InChI=1S/C21H22ClN3O2S/c1-15-4-2-5-16(14-15)20(26)25(9-8-24-10-12-27-13-11-24)21-23-19-17(22)6-3-7-18(19)28-21/h2-7,14H,8-13H2,1H3. The van der Waals surface area contributed by atoms with Gasteiger partial charge in [0.05, 0.1) is 22.9 Å². The van der Waals surface area contributed by atoms with Crippen molar-refractivity contribution in [1.29, 1.82) is 0 Å². The molecule has 0 N–H and O–H groups in total. The first-order valence-corrected chi connectivity index (χ1v) is 10.5. The van der Waals surface area contributed by atoms with Gasteiger partial charge in [-0.05, 0) is 31.2 Å². The molecule has 0 bridgehead atoms. The SMILES string of the molecule is Cc1cccc(C(=O)N(CCN2CCOCC2)c2nc3c(Cl)cccc3s2)c1. The van der Waals surface area contributed by atoms with Gasteiger partial charge in [0.2, 0.25) is 0 Å². The highest BCUT2D eigenvalue weighted by molar-refractivity contribution is 7.22. The van der Waals surface area contributed by atoms with Gasteiger partial charge in [0.1, 0.15) is 5.52 Å². The van der Waals surface area contributed by atoms with E-state index in [0.717, 1.165) is 48.6 Å². The van der Waals surface area contributed by atoms with Crippen LogP contribution in [0.25, 0.3) is 10.2 Å². The number of carbonyl (C=O) groups excluding carboxylic acids is 1. The highest BCUT2D eigenvalue weighted by Gasteiger charge is 2.23. The van der Waals surface area contributed by atoms with Crippen LogP contribution in [-0.4, -0.2) is 55.2 Å². The van der Waals surface area contributed by atoms with Gasteiger partial charge in [-0.2, -0.15) is 0 Å². The zero-order valence-corrected chi connectivity index (χ0v) is 17.3. The molecule has 0 atom stereocenters. The molecule has 3 aromatic rings. The van der Waals surface area contributed by atoms with Crippen LogP contribution in [0.3, 0.4) is 0 Å². The molecule has 0 saturated carbocycles. The van der Waals surface area contributed by atoms with Gasteiger partial charge in [-0.1, -0.05) is 46.7 Å². The van der Waals surface area contributed by atoms with Crippen molar-refractivity contribution in [2.45, 2.75) is 6.92 Å². The minimum Gasteiger partial charge on any atom is -0.379 e. The minimum absolute atomic E-state index is 0.0351. The first kappa shape index (κ1) is 19.3. The Labute approximate surface area is 173 Å². The predicted molar refractivity (Wildman–Crippen MR) is 115 cm³/mol. The first-order chi connectivity index (χ1) is 13.6. The van der Waals surface area contributed by atoms with Crippen LogP contribution in [0.4, 0.5) is 5.13 Å². The van der Waals surface area contributed by atoms with Gasteiger partial charge in [-0.25, -0.2) is 4.98 Å². The fourth-order valence-corrected chi connectivity index (χ4v) is 4.59. The van der Waals surface area contributed by atoms with E-state index >= 15 is 0 Å². The molecule has 1 saturated heterocycles. The number of anilines is 1. The van der Waals surface area contributed by atoms with Crippen LogP contribution in [-0.2, 0) is 4.74 Å². The number of hydrogen-bond donors (Lipinski definition) is 0. The van der Waals surface area contributed by atoms with Crippen molar-refractivity contribution in [3.8, 4) is 0 Å². The number of nitrogens with zero attached hydrogens (tertiary/aromatic N) is 3. The summed E-state index contributed by atoms with van der Waals surface area (Å²) in [4.78, 5) is 22.1. The van der Waals surface area contributed by atoms with Crippen LogP contribution >= 0.6 is 22.9 Å². The number of carbonyl (C=O) groups is 1. The number of halogens is 1.